The van der Waals surface area contributed by atoms with Gasteiger partial charge in [-0.1, -0.05) is 40.1 Å². The second-order valence-electron chi connectivity index (χ2n) is 7.21. The molecule has 1 fully saturated rings. The molecule has 1 aliphatic rings. The van der Waals surface area contributed by atoms with Gasteiger partial charge in [-0.05, 0) is 37.8 Å². The number of hydrogen-bond acceptors (Lipinski definition) is 7. The number of nitrogens with one attached hydrogen (secondary N) is 1. The lowest BCUT2D eigenvalue weighted by Gasteiger charge is -2.08. The summed E-state index contributed by atoms with van der Waals surface area (Å²) in [6.07, 6.45) is 6.77. The average Bonchev–Trinajstić information content (AvgIpc) is 3.26. The molecular weight excluding hydrogens is 422 g/mol. The van der Waals surface area contributed by atoms with Crippen LogP contribution in [0.5, 0.6) is 5.75 Å². The third-order valence-electron chi connectivity index (χ3n) is 4.76. The minimum atomic E-state index is -0.325. The quantitative estimate of drug-likeness (QED) is 0.285. The lowest BCUT2D eigenvalue weighted by atomic mass is 10.1. The van der Waals surface area contributed by atoms with E-state index in [0.29, 0.717) is 51.6 Å². The maximum Gasteiger partial charge on any atom is 0.255 e. The Morgan fingerprint density at radius 2 is 1.80 bits per heavy atom. The number of rotatable bonds is 16. The van der Waals surface area contributed by atoms with Gasteiger partial charge in [-0.25, -0.2) is 0 Å². The van der Waals surface area contributed by atoms with Crippen molar-refractivity contribution in [3.8, 4) is 5.75 Å². The summed E-state index contributed by atoms with van der Waals surface area (Å²) in [7, 11) is 3.98. The average molecular weight is 456 g/mol. The molecule has 8 heteroatoms. The molecule has 0 saturated carbocycles. The van der Waals surface area contributed by atoms with Crippen molar-refractivity contribution in [2.75, 3.05) is 38.7 Å². The first kappa shape index (κ1) is 25.0. The van der Waals surface area contributed by atoms with Crippen molar-refractivity contribution in [2.45, 2.75) is 50.2 Å². The number of phenolic OH excluding ortho intramolecular Hbond substituents is 1. The molecule has 1 saturated heterocycles. The van der Waals surface area contributed by atoms with Crippen LogP contribution in [0.2, 0.25) is 0 Å². The molecule has 1 heterocycles. The highest BCUT2D eigenvalue weighted by Gasteiger charge is 2.15. The molecule has 168 valence electrons. The molecule has 0 bridgehead atoms. The largest absolute Gasteiger partial charge is 0.507 e. The maximum atomic E-state index is 11.9. The number of phenols is 1. The first-order valence-corrected chi connectivity index (χ1v) is 13.1. The molecule has 0 aromatic heterocycles. The number of carbonyl (C=O) groups excluding carboxylic acids is 2. The first-order chi connectivity index (χ1) is 14.7. The smallest absolute Gasteiger partial charge is 0.255 e. The summed E-state index contributed by atoms with van der Waals surface area (Å²) in [5.41, 5.74) is 0.252. The third-order valence-corrected chi connectivity index (χ3v) is 7.76. The topological polar surface area (TPSA) is 84.9 Å². The summed E-state index contributed by atoms with van der Waals surface area (Å²) < 4.78 is 10.9. The van der Waals surface area contributed by atoms with Crippen molar-refractivity contribution in [1.82, 2.24) is 5.32 Å². The fraction of sp³-hybridized carbons (Fsp3) is 0.636. The minimum absolute atomic E-state index is 0.0369. The van der Waals surface area contributed by atoms with Crippen LogP contribution in [0.1, 0.15) is 55.3 Å². The third kappa shape index (κ3) is 10.7. The van der Waals surface area contributed by atoms with Crippen molar-refractivity contribution in [3.05, 3.63) is 29.8 Å². The zero-order valence-corrected chi connectivity index (χ0v) is 19.1. The second kappa shape index (κ2) is 15.6. The summed E-state index contributed by atoms with van der Waals surface area (Å²) in [5.74, 6) is 1.25. The van der Waals surface area contributed by atoms with E-state index in [0.717, 1.165) is 24.5 Å². The van der Waals surface area contributed by atoms with Gasteiger partial charge < -0.3 is 19.9 Å². The van der Waals surface area contributed by atoms with E-state index in [1.54, 1.807) is 18.2 Å². The molecule has 30 heavy (non-hydrogen) atoms. The molecule has 2 rings (SSSR count). The lowest BCUT2D eigenvalue weighted by Crippen LogP contribution is -2.27. The second-order valence-corrected chi connectivity index (χ2v) is 10.0. The molecule has 1 atom stereocenters. The van der Waals surface area contributed by atoms with Crippen LogP contribution in [0.4, 0.5) is 0 Å². The Morgan fingerprint density at radius 1 is 1.03 bits per heavy atom. The molecule has 1 aliphatic heterocycles. The molecule has 6 nitrogen and oxygen atoms in total. The highest BCUT2D eigenvalue weighted by atomic mass is 33.1. The van der Waals surface area contributed by atoms with Gasteiger partial charge in [0.25, 0.3) is 5.91 Å². The number of Topliss-reactive ketones (excluding diaryl/α,β-unsaturated/α-hetero) is 1. The monoisotopic (exact) mass is 455 g/mol. The van der Waals surface area contributed by atoms with E-state index < -0.39 is 0 Å². The van der Waals surface area contributed by atoms with Crippen molar-refractivity contribution in [1.29, 1.82) is 0 Å². The number of amides is 1. The maximum absolute atomic E-state index is 11.9. The van der Waals surface area contributed by atoms with Gasteiger partial charge in [0.15, 0.2) is 0 Å². The van der Waals surface area contributed by atoms with Gasteiger partial charge in [0.2, 0.25) is 0 Å². The van der Waals surface area contributed by atoms with E-state index in [4.69, 9.17) is 9.47 Å². The number of aromatic hydroxyl groups is 1. The van der Waals surface area contributed by atoms with Gasteiger partial charge >= 0.3 is 0 Å². The fourth-order valence-electron chi connectivity index (χ4n) is 3.07. The van der Waals surface area contributed by atoms with Gasteiger partial charge in [-0.3, -0.25) is 9.59 Å². The highest BCUT2D eigenvalue weighted by molar-refractivity contribution is 8.77. The minimum Gasteiger partial charge on any atom is -0.507 e. The summed E-state index contributed by atoms with van der Waals surface area (Å²) >= 11 is 0. The molecule has 0 spiro atoms. The first-order valence-electron chi connectivity index (χ1n) is 10.7. The van der Waals surface area contributed by atoms with Crippen LogP contribution >= 0.6 is 21.6 Å². The number of ether oxygens (including phenoxy) is 2. The summed E-state index contributed by atoms with van der Waals surface area (Å²) in [4.78, 5) is 23.8. The zero-order valence-electron chi connectivity index (χ0n) is 17.5. The van der Waals surface area contributed by atoms with Gasteiger partial charge in [0, 0.05) is 37.0 Å². The van der Waals surface area contributed by atoms with Gasteiger partial charge in [0.05, 0.1) is 25.4 Å². The number of benzene rings is 1. The Bertz CT molecular complexity index is 638. The Kier molecular flexibility index (Phi) is 13.0. The highest BCUT2D eigenvalue weighted by Crippen LogP contribution is 2.39. The number of hydrogen-bond donors (Lipinski definition) is 2. The van der Waals surface area contributed by atoms with Crippen LogP contribution in [0.15, 0.2) is 24.3 Å². The Balaban J connectivity index is 1.34. The summed E-state index contributed by atoms with van der Waals surface area (Å²) in [6.45, 7) is 2.21. The van der Waals surface area contributed by atoms with E-state index >= 15 is 0 Å². The summed E-state index contributed by atoms with van der Waals surface area (Å²) in [5, 5.41) is 13.1. The number of ketones is 1. The van der Waals surface area contributed by atoms with Crippen LogP contribution in [0.25, 0.3) is 0 Å². The predicted octanol–water partition coefficient (Wildman–Crippen LogP) is 4.22. The van der Waals surface area contributed by atoms with E-state index in [9.17, 15) is 14.7 Å². The molecule has 1 aromatic rings. The van der Waals surface area contributed by atoms with E-state index in [-0.39, 0.29) is 17.2 Å². The predicted molar refractivity (Wildman–Crippen MR) is 123 cm³/mol. The van der Waals surface area contributed by atoms with Gasteiger partial charge in [0.1, 0.15) is 11.5 Å². The van der Waals surface area contributed by atoms with Crippen molar-refractivity contribution in [3.63, 3.8) is 0 Å². The number of carbonyl (C=O) groups is 2. The van der Waals surface area contributed by atoms with Crippen LogP contribution in [-0.4, -0.2) is 60.8 Å². The van der Waals surface area contributed by atoms with Crippen molar-refractivity contribution >= 4 is 33.3 Å². The zero-order chi connectivity index (χ0) is 21.4. The SMILES string of the molecule is O=C(CCCCC1CCSS1)CCCOCCOCCNC(=O)c1ccccc1O. The van der Waals surface area contributed by atoms with Crippen molar-refractivity contribution < 1.29 is 24.2 Å². The van der Waals surface area contributed by atoms with E-state index in [1.807, 2.05) is 21.6 Å². The fourth-order valence-corrected chi connectivity index (χ4v) is 6.10. The van der Waals surface area contributed by atoms with Crippen LogP contribution in [0, 0.1) is 0 Å². The van der Waals surface area contributed by atoms with Crippen LogP contribution < -0.4 is 5.32 Å². The molecular formula is C22H33NO5S2. The molecule has 0 radical (unpaired) electrons. The van der Waals surface area contributed by atoms with Crippen molar-refractivity contribution in [2.24, 2.45) is 0 Å². The standard InChI is InChI=1S/C22H33NO5S2/c24-18(6-1-2-8-19-11-17-29-30-19)7-5-13-27-15-16-28-14-12-23-22(26)20-9-3-4-10-21(20)25/h3-4,9-10,19,25H,1-2,5-8,11-17H2,(H,23,26). The van der Waals surface area contributed by atoms with E-state index in [1.165, 1.54) is 24.7 Å². The molecule has 1 unspecified atom stereocenters. The van der Waals surface area contributed by atoms with Crippen LogP contribution in [0.3, 0.4) is 0 Å². The molecule has 2 N–H and O–H groups in total. The Labute approximate surface area is 187 Å². The lowest BCUT2D eigenvalue weighted by molar-refractivity contribution is -0.119. The molecule has 1 aromatic carbocycles. The number of unbranched alkanes of at least 4 members (excludes halogenated alkanes) is 1. The number of para-hydroxylation sites is 1. The normalized spacial score (nSPS) is 15.9. The van der Waals surface area contributed by atoms with Gasteiger partial charge in [-0.2, -0.15) is 0 Å². The van der Waals surface area contributed by atoms with Crippen LogP contribution in [-0.2, 0) is 14.3 Å². The molecule has 1 amide bonds. The molecule has 0 aliphatic carbocycles. The Hall–Kier alpha value is -1.22. The van der Waals surface area contributed by atoms with Gasteiger partial charge in [-0.15, -0.1) is 0 Å². The summed E-state index contributed by atoms with van der Waals surface area (Å²) in [6, 6.07) is 6.42. The Morgan fingerprint density at radius 3 is 2.57 bits per heavy atom. The van der Waals surface area contributed by atoms with E-state index in [2.05, 4.69) is 5.32 Å².